The molecule has 2 aromatic heterocycles. The molecule has 2 saturated heterocycles. The Hall–Kier alpha value is -2.64. The van der Waals surface area contributed by atoms with Gasteiger partial charge >= 0.3 is 6.03 Å². The third-order valence-electron chi connectivity index (χ3n) is 5.27. The molecular formula is C17H22N6O2. The SMILES string of the molecule is Cc1cc(C)n2nc(C)c(C(=O)N3CC[C@H]4[C@@H](C3)NC(=O)N4C)c2n1. The molecule has 4 rings (SSSR count). The molecule has 132 valence electrons. The number of piperidine rings is 1. The highest BCUT2D eigenvalue weighted by Gasteiger charge is 2.42. The topological polar surface area (TPSA) is 82.8 Å². The number of hydrogen-bond donors (Lipinski definition) is 1. The van der Waals surface area contributed by atoms with E-state index in [0.29, 0.717) is 30.0 Å². The number of aromatic nitrogens is 3. The summed E-state index contributed by atoms with van der Waals surface area (Å²) in [5.74, 6) is -0.0627. The van der Waals surface area contributed by atoms with E-state index in [2.05, 4.69) is 15.4 Å². The Labute approximate surface area is 145 Å². The third-order valence-corrected chi connectivity index (χ3v) is 5.27. The maximum Gasteiger partial charge on any atom is 0.317 e. The Balaban J connectivity index is 1.67. The molecule has 0 aliphatic carbocycles. The zero-order valence-corrected chi connectivity index (χ0v) is 14.9. The van der Waals surface area contributed by atoms with Crippen LogP contribution in [0.5, 0.6) is 0 Å². The van der Waals surface area contributed by atoms with Gasteiger partial charge in [-0.25, -0.2) is 14.3 Å². The second-order valence-electron chi connectivity index (χ2n) is 7.01. The Bertz CT molecular complexity index is 889. The van der Waals surface area contributed by atoms with Crippen LogP contribution >= 0.6 is 0 Å². The fraction of sp³-hybridized carbons (Fsp3) is 0.529. The average molecular weight is 342 g/mol. The van der Waals surface area contributed by atoms with Crippen molar-refractivity contribution in [2.75, 3.05) is 20.1 Å². The molecule has 2 atom stereocenters. The van der Waals surface area contributed by atoms with Crippen molar-refractivity contribution in [3.8, 4) is 0 Å². The van der Waals surface area contributed by atoms with Crippen LogP contribution in [0.2, 0.25) is 0 Å². The number of urea groups is 1. The minimum atomic E-state index is -0.0654. The third kappa shape index (κ3) is 2.35. The molecular weight excluding hydrogens is 320 g/mol. The molecule has 2 aliphatic rings. The van der Waals surface area contributed by atoms with Crippen molar-refractivity contribution in [2.24, 2.45) is 0 Å². The average Bonchev–Trinajstić information content (AvgIpc) is 3.03. The van der Waals surface area contributed by atoms with E-state index in [-0.39, 0.29) is 24.0 Å². The van der Waals surface area contributed by atoms with Crippen molar-refractivity contribution in [1.82, 2.24) is 29.7 Å². The monoisotopic (exact) mass is 342 g/mol. The summed E-state index contributed by atoms with van der Waals surface area (Å²) in [5, 5.41) is 7.45. The zero-order chi connectivity index (χ0) is 17.9. The molecule has 0 saturated carbocycles. The number of fused-ring (bicyclic) bond motifs is 2. The lowest BCUT2D eigenvalue weighted by Crippen LogP contribution is -2.52. The van der Waals surface area contributed by atoms with Gasteiger partial charge in [-0.15, -0.1) is 0 Å². The molecule has 25 heavy (non-hydrogen) atoms. The molecule has 2 aliphatic heterocycles. The Morgan fingerprint density at radius 1 is 1.32 bits per heavy atom. The summed E-state index contributed by atoms with van der Waals surface area (Å²) >= 11 is 0. The summed E-state index contributed by atoms with van der Waals surface area (Å²) in [6.45, 7) is 6.85. The van der Waals surface area contributed by atoms with Crippen LogP contribution in [0.15, 0.2) is 6.07 Å². The number of carbonyl (C=O) groups excluding carboxylic acids is 2. The van der Waals surface area contributed by atoms with Crippen LogP contribution in [0.25, 0.3) is 5.65 Å². The first-order chi connectivity index (χ1) is 11.9. The van der Waals surface area contributed by atoms with Crippen molar-refractivity contribution >= 4 is 17.6 Å². The summed E-state index contributed by atoms with van der Waals surface area (Å²) in [4.78, 5) is 33.1. The molecule has 8 heteroatoms. The quantitative estimate of drug-likeness (QED) is 0.834. The van der Waals surface area contributed by atoms with Crippen LogP contribution in [0.3, 0.4) is 0 Å². The first-order valence-electron chi connectivity index (χ1n) is 8.53. The number of nitrogens with zero attached hydrogens (tertiary/aromatic N) is 5. The van der Waals surface area contributed by atoms with E-state index in [1.54, 1.807) is 9.42 Å². The number of aryl methyl sites for hydroxylation is 3. The molecule has 4 heterocycles. The van der Waals surface area contributed by atoms with Gasteiger partial charge in [0.1, 0.15) is 5.56 Å². The van der Waals surface area contributed by atoms with E-state index < -0.39 is 0 Å². The first-order valence-corrected chi connectivity index (χ1v) is 8.53. The first kappa shape index (κ1) is 15.9. The van der Waals surface area contributed by atoms with Gasteiger partial charge in [0.2, 0.25) is 0 Å². The number of likely N-dealkylation sites (N-methyl/N-ethyl adjacent to an activating group) is 1. The second-order valence-corrected chi connectivity index (χ2v) is 7.01. The van der Waals surface area contributed by atoms with Gasteiger partial charge in [0.05, 0.1) is 17.8 Å². The molecule has 0 spiro atoms. The summed E-state index contributed by atoms with van der Waals surface area (Å²) in [6.07, 6.45) is 0.773. The van der Waals surface area contributed by atoms with Crippen molar-refractivity contribution in [1.29, 1.82) is 0 Å². The zero-order valence-electron chi connectivity index (χ0n) is 14.9. The number of nitrogens with one attached hydrogen (secondary N) is 1. The lowest BCUT2D eigenvalue weighted by atomic mass is 9.99. The molecule has 2 fully saturated rings. The maximum atomic E-state index is 13.2. The number of amides is 3. The minimum absolute atomic E-state index is 0.0197. The van der Waals surface area contributed by atoms with Gasteiger partial charge in [0.25, 0.3) is 5.91 Å². The fourth-order valence-corrected chi connectivity index (χ4v) is 3.98. The van der Waals surface area contributed by atoms with Crippen LogP contribution < -0.4 is 5.32 Å². The minimum Gasteiger partial charge on any atom is -0.336 e. The molecule has 1 N–H and O–H groups in total. The lowest BCUT2D eigenvalue weighted by molar-refractivity contribution is 0.0667. The predicted molar refractivity (Wildman–Crippen MR) is 91.6 cm³/mol. The van der Waals surface area contributed by atoms with Gasteiger partial charge in [-0.1, -0.05) is 0 Å². The second kappa shape index (κ2) is 5.44. The molecule has 3 amide bonds. The highest BCUT2D eigenvalue weighted by atomic mass is 16.2. The van der Waals surface area contributed by atoms with Crippen LogP contribution in [-0.4, -0.2) is 68.6 Å². The fourth-order valence-electron chi connectivity index (χ4n) is 3.98. The molecule has 0 bridgehead atoms. The molecule has 8 nitrogen and oxygen atoms in total. The van der Waals surface area contributed by atoms with Crippen molar-refractivity contribution in [3.63, 3.8) is 0 Å². The van der Waals surface area contributed by atoms with Crippen molar-refractivity contribution < 1.29 is 9.59 Å². The van der Waals surface area contributed by atoms with Crippen molar-refractivity contribution in [3.05, 3.63) is 28.7 Å². The van der Waals surface area contributed by atoms with Crippen LogP contribution in [-0.2, 0) is 0 Å². The Morgan fingerprint density at radius 2 is 2.08 bits per heavy atom. The Morgan fingerprint density at radius 3 is 2.84 bits per heavy atom. The molecule has 2 aromatic rings. The van der Waals surface area contributed by atoms with E-state index in [4.69, 9.17) is 0 Å². The van der Waals surface area contributed by atoms with Crippen LogP contribution in [0, 0.1) is 20.8 Å². The molecule has 0 unspecified atom stereocenters. The maximum absolute atomic E-state index is 13.2. The molecule has 0 radical (unpaired) electrons. The number of rotatable bonds is 1. The predicted octanol–water partition coefficient (Wildman–Crippen LogP) is 0.893. The number of likely N-dealkylation sites (tertiary alicyclic amines) is 1. The summed E-state index contributed by atoms with van der Waals surface area (Å²) in [5.41, 5.74) is 3.66. The largest absolute Gasteiger partial charge is 0.336 e. The van der Waals surface area contributed by atoms with Gasteiger partial charge in [0, 0.05) is 31.5 Å². The van der Waals surface area contributed by atoms with Crippen LogP contribution in [0.1, 0.15) is 33.9 Å². The summed E-state index contributed by atoms with van der Waals surface area (Å²) in [7, 11) is 1.81. The van der Waals surface area contributed by atoms with E-state index in [0.717, 1.165) is 17.8 Å². The summed E-state index contributed by atoms with van der Waals surface area (Å²) < 4.78 is 1.73. The highest BCUT2D eigenvalue weighted by molar-refractivity contribution is 6.01. The van der Waals surface area contributed by atoms with E-state index in [9.17, 15) is 9.59 Å². The smallest absolute Gasteiger partial charge is 0.317 e. The van der Waals surface area contributed by atoms with Crippen LogP contribution in [0.4, 0.5) is 4.79 Å². The highest BCUT2D eigenvalue weighted by Crippen LogP contribution is 2.24. The van der Waals surface area contributed by atoms with Gasteiger partial charge in [0.15, 0.2) is 5.65 Å². The normalized spacial score (nSPS) is 23.1. The van der Waals surface area contributed by atoms with Gasteiger partial charge in [-0.3, -0.25) is 4.79 Å². The standard InChI is InChI=1S/C17H22N6O2/c1-9-7-10(2)23-15(18-9)14(11(3)20-23)16(24)22-6-5-13-12(8-22)19-17(25)21(13)4/h7,12-13H,5-6,8H2,1-4H3,(H,19,25)/t12-,13+/m1/s1. The van der Waals surface area contributed by atoms with Crippen molar-refractivity contribution in [2.45, 2.75) is 39.3 Å². The van der Waals surface area contributed by atoms with Gasteiger partial charge < -0.3 is 15.1 Å². The van der Waals surface area contributed by atoms with Gasteiger partial charge in [-0.2, -0.15) is 5.10 Å². The summed E-state index contributed by atoms with van der Waals surface area (Å²) in [6, 6.07) is 2.02. The number of hydrogen-bond acceptors (Lipinski definition) is 4. The lowest BCUT2D eigenvalue weighted by Gasteiger charge is -2.35. The van der Waals surface area contributed by atoms with E-state index in [1.165, 1.54) is 0 Å². The van der Waals surface area contributed by atoms with Gasteiger partial charge in [-0.05, 0) is 33.3 Å². The van der Waals surface area contributed by atoms with E-state index in [1.807, 2.05) is 38.8 Å². The number of carbonyl (C=O) groups is 2. The molecule has 0 aromatic carbocycles. The Kier molecular flexibility index (Phi) is 3.45. The van der Waals surface area contributed by atoms with E-state index >= 15 is 0 Å².